The summed E-state index contributed by atoms with van der Waals surface area (Å²) in [5, 5.41) is 11.7. The van der Waals surface area contributed by atoms with E-state index in [-0.39, 0.29) is 18.6 Å². The monoisotopic (exact) mass is 297 g/mol. The van der Waals surface area contributed by atoms with Crippen LogP contribution in [0.4, 0.5) is 0 Å². The van der Waals surface area contributed by atoms with E-state index in [1.54, 1.807) is 11.8 Å². The van der Waals surface area contributed by atoms with Crippen LogP contribution in [0.5, 0.6) is 0 Å². The van der Waals surface area contributed by atoms with Gasteiger partial charge in [-0.05, 0) is 43.9 Å². The fourth-order valence-corrected chi connectivity index (χ4v) is 3.04. The highest BCUT2D eigenvalue weighted by Gasteiger charge is 2.13. The van der Waals surface area contributed by atoms with Crippen molar-refractivity contribution in [3.63, 3.8) is 0 Å². The Labute approximate surface area is 122 Å². The van der Waals surface area contributed by atoms with E-state index < -0.39 is 0 Å². The zero-order chi connectivity index (χ0) is 14.3. The molecule has 104 valence electrons. The number of rotatable bonds is 5. The van der Waals surface area contributed by atoms with Crippen LogP contribution in [0, 0.1) is 18.8 Å². The first-order valence-corrected chi connectivity index (χ1v) is 8.29. The summed E-state index contributed by atoms with van der Waals surface area (Å²) in [7, 11) is 0. The summed E-state index contributed by atoms with van der Waals surface area (Å²) in [5.74, 6) is 6.47. The third kappa shape index (κ3) is 5.27. The minimum absolute atomic E-state index is 0.0428. The van der Waals surface area contributed by atoms with Crippen molar-refractivity contribution in [1.29, 1.82) is 0 Å². The van der Waals surface area contributed by atoms with E-state index in [9.17, 15) is 4.79 Å². The zero-order valence-electron chi connectivity index (χ0n) is 11.4. The summed E-state index contributed by atoms with van der Waals surface area (Å²) >= 11 is 3.15. The minimum Gasteiger partial charge on any atom is -0.384 e. The highest BCUT2D eigenvalue weighted by Crippen LogP contribution is 2.21. The molecule has 1 heterocycles. The molecule has 1 atom stereocenters. The molecule has 1 aromatic heterocycles. The number of nitrogens with one attached hydrogen (secondary N) is 1. The number of aryl methyl sites for hydroxylation is 1. The number of aliphatic hydroxyl groups excluding tert-OH is 1. The predicted octanol–water partition coefficient (Wildman–Crippen LogP) is 2.27. The quantitative estimate of drug-likeness (QED) is 0.820. The van der Waals surface area contributed by atoms with E-state index >= 15 is 0 Å². The van der Waals surface area contributed by atoms with Gasteiger partial charge in [-0.15, -0.1) is 11.3 Å². The standard InChI is InChI=1S/C14H19NO2S2/c1-10-9-13(19-12(10)5-4-7-16)14(17)15-11(2)6-8-18-3/h9,11,16H,6-8H2,1-3H3,(H,15,17). The topological polar surface area (TPSA) is 49.3 Å². The maximum atomic E-state index is 12.1. The lowest BCUT2D eigenvalue weighted by molar-refractivity contribution is 0.0943. The van der Waals surface area contributed by atoms with Crippen molar-refractivity contribution >= 4 is 29.0 Å². The Morgan fingerprint density at radius 2 is 2.37 bits per heavy atom. The van der Waals surface area contributed by atoms with E-state index in [1.807, 2.05) is 19.9 Å². The Morgan fingerprint density at radius 3 is 3.00 bits per heavy atom. The van der Waals surface area contributed by atoms with Crippen molar-refractivity contribution in [3.05, 3.63) is 21.4 Å². The maximum Gasteiger partial charge on any atom is 0.261 e. The number of carbonyl (C=O) groups excluding carboxylic acids is 1. The van der Waals surface area contributed by atoms with Gasteiger partial charge in [0.2, 0.25) is 0 Å². The molecule has 0 saturated carbocycles. The molecule has 19 heavy (non-hydrogen) atoms. The molecule has 0 bridgehead atoms. The zero-order valence-corrected chi connectivity index (χ0v) is 13.1. The fraction of sp³-hybridized carbons (Fsp3) is 0.500. The predicted molar refractivity (Wildman–Crippen MR) is 82.9 cm³/mol. The molecule has 0 aliphatic carbocycles. The van der Waals surface area contributed by atoms with E-state index in [4.69, 9.17) is 5.11 Å². The largest absolute Gasteiger partial charge is 0.384 e. The molecule has 0 spiro atoms. The highest BCUT2D eigenvalue weighted by molar-refractivity contribution is 7.98. The summed E-state index contributed by atoms with van der Waals surface area (Å²) in [4.78, 5) is 13.6. The van der Waals surface area contributed by atoms with Crippen LogP contribution < -0.4 is 5.32 Å². The Balaban J connectivity index is 2.67. The van der Waals surface area contributed by atoms with E-state index in [1.165, 1.54) is 11.3 Å². The molecule has 0 aliphatic heterocycles. The number of hydrogen-bond acceptors (Lipinski definition) is 4. The molecule has 2 N–H and O–H groups in total. The molecule has 0 fully saturated rings. The van der Waals surface area contributed by atoms with Gasteiger partial charge in [-0.25, -0.2) is 0 Å². The summed E-state index contributed by atoms with van der Waals surface area (Å²) in [6, 6.07) is 2.03. The molecule has 1 aromatic rings. The first-order valence-electron chi connectivity index (χ1n) is 6.08. The summed E-state index contributed by atoms with van der Waals surface area (Å²) in [6.07, 6.45) is 3.03. The van der Waals surface area contributed by atoms with Gasteiger partial charge < -0.3 is 10.4 Å². The van der Waals surface area contributed by atoms with Crippen LogP contribution in [-0.2, 0) is 0 Å². The number of amides is 1. The summed E-state index contributed by atoms with van der Waals surface area (Å²) in [6.45, 7) is 3.78. The average molecular weight is 297 g/mol. The molecule has 3 nitrogen and oxygen atoms in total. The third-order valence-corrected chi connectivity index (χ3v) is 4.35. The highest BCUT2D eigenvalue weighted by atomic mass is 32.2. The second-order valence-electron chi connectivity index (χ2n) is 4.24. The smallest absolute Gasteiger partial charge is 0.261 e. The molecular weight excluding hydrogens is 278 g/mol. The van der Waals surface area contributed by atoms with Gasteiger partial charge in [0.25, 0.3) is 5.91 Å². The van der Waals surface area contributed by atoms with Gasteiger partial charge >= 0.3 is 0 Å². The Hall–Kier alpha value is -0.960. The van der Waals surface area contributed by atoms with Crippen molar-refractivity contribution in [2.45, 2.75) is 26.3 Å². The van der Waals surface area contributed by atoms with E-state index in [0.717, 1.165) is 22.6 Å². The van der Waals surface area contributed by atoms with Crippen molar-refractivity contribution in [1.82, 2.24) is 5.32 Å². The summed E-state index contributed by atoms with van der Waals surface area (Å²) in [5.41, 5.74) is 0.980. The molecule has 1 amide bonds. The van der Waals surface area contributed by atoms with Crippen LogP contribution in [0.3, 0.4) is 0 Å². The minimum atomic E-state index is -0.162. The lowest BCUT2D eigenvalue weighted by Crippen LogP contribution is -2.32. The van der Waals surface area contributed by atoms with Crippen molar-refractivity contribution in [2.75, 3.05) is 18.6 Å². The van der Waals surface area contributed by atoms with E-state index in [0.29, 0.717) is 4.88 Å². The van der Waals surface area contributed by atoms with Crippen LogP contribution in [0.15, 0.2) is 6.07 Å². The SMILES string of the molecule is CSCCC(C)NC(=O)c1cc(C)c(C#CCO)s1. The molecule has 0 aliphatic rings. The molecule has 0 radical (unpaired) electrons. The molecule has 5 heteroatoms. The number of aliphatic hydroxyl groups is 1. The molecular formula is C14H19NO2S2. The normalized spacial score (nSPS) is 11.6. The number of thioether (sulfide) groups is 1. The second-order valence-corrected chi connectivity index (χ2v) is 6.28. The van der Waals surface area contributed by atoms with Gasteiger partial charge in [0, 0.05) is 6.04 Å². The van der Waals surface area contributed by atoms with Crippen molar-refractivity contribution in [3.8, 4) is 11.8 Å². The number of carbonyl (C=O) groups is 1. The first kappa shape index (κ1) is 16.1. The van der Waals surface area contributed by atoms with Crippen LogP contribution in [0.1, 0.15) is 33.5 Å². The van der Waals surface area contributed by atoms with Crippen molar-refractivity contribution < 1.29 is 9.90 Å². The lowest BCUT2D eigenvalue weighted by Gasteiger charge is -2.11. The number of hydrogen-bond donors (Lipinski definition) is 2. The van der Waals surface area contributed by atoms with E-state index in [2.05, 4.69) is 23.4 Å². The average Bonchev–Trinajstić information content (AvgIpc) is 2.75. The lowest BCUT2D eigenvalue weighted by atomic mass is 10.2. The Bertz CT molecular complexity index is 485. The van der Waals surface area contributed by atoms with Gasteiger partial charge in [-0.2, -0.15) is 11.8 Å². The second kappa shape index (κ2) is 8.26. The maximum absolute atomic E-state index is 12.1. The van der Waals surface area contributed by atoms with Crippen LogP contribution >= 0.6 is 23.1 Å². The third-order valence-electron chi connectivity index (χ3n) is 2.56. The van der Waals surface area contributed by atoms with Gasteiger partial charge in [0.1, 0.15) is 6.61 Å². The first-order chi connectivity index (χ1) is 9.08. The summed E-state index contributed by atoms with van der Waals surface area (Å²) < 4.78 is 0. The Morgan fingerprint density at radius 1 is 1.63 bits per heavy atom. The van der Waals surface area contributed by atoms with Crippen LogP contribution in [-0.4, -0.2) is 35.7 Å². The van der Waals surface area contributed by atoms with Gasteiger partial charge in [0.05, 0.1) is 9.75 Å². The van der Waals surface area contributed by atoms with Crippen LogP contribution in [0.2, 0.25) is 0 Å². The van der Waals surface area contributed by atoms with Gasteiger partial charge in [0.15, 0.2) is 0 Å². The van der Waals surface area contributed by atoms with Crippen LogP contribution in [0.25, 0.3) is 0 Å². The van der Waals surface area contributed by atoms with Gasteiger partial charge in [-0.3, -0.25) is 4.79 Å². The molecule has 0 aromatic carbocycles. The molecule has 0 saturated heterocycles. The molecule has 1 rings (SSSR count). The Kier molecular flexibility index (Phi) is 7.00. The van der Waals surface area contributed by atoms with Crippen molar-refractivity contribution in [2.24, 2.45) is 0 Å². The number of thiophene rings is 1. The van der Waals surface area contributed by atoms with Gasteiger partial charge in [-0.1, -0.05) is 11.8 Å². The molecule has 1 unspecified atom stereocenters. The fourth-order valence-electron chi connectivity index (χ4n) is 1.50.